The van der Waals surface area contributed by atoms with Crippen molar-refractivity contribution in [3.8, 4) is 0 Å². The molecule has 3 aliphatic heterocycles. The molecule has 2 aromatic heterocycles. The second-order valence-corrected chi connectivity index (χ2v) is 8.78. The molecule has 0 N–H and O–H groups in total. The van der Waals surface area contributed by atoms with Gasteiger partial charge in [-0.2, -0.15) is 0 Å². The number of pyridine rings is 1. The molecular formula is C22H28N6O2. The van der Waals surface area contributed by atoms with Crippen molar-refractivity contribution >= 4 is 17.5 Å². The number of nitrogens with zero attached hydrogens (tertiary/aromatic N) is 6. The van der Waals surface area contributed by atoms with Crippen LogP contribution in [0.5, 0.6) is 0 Å². The molecule has 8 heteroatoms. The molecule has 0 bridgehead atoms. The van der Waals surface area contributed by atoms with Crippen molar-refractivity contribution in [2.24, 2.45) is 0 Å². The SMILES string of the molecule is CN(C)c1ncc2c(n1)[C@@]1(CCN(C(=O)c3cc(N4CCCC4)ccn3)C1)COC2. The first kappa shape index (κ1) is 19.2. The maximum absolute atomic E-state index is 13.3. The normalized spacial score (nSPS) is 23.1. The summed E-state index contributed by atoms with van der Waals surface area (Å²) in [5.74, 6) is 0.682. The van der Waals surface area contributed by atoms with E-state index in [2.05, 4.69) is 14.9 Å². The van der Waals surface area contributed by atoms with Crippen LogP contribution in [0.15, 0.2) is 24.5 Å². The smallest absolute Gasteiger partial charge is 0.272 e. The first-order valence-electron chi connectivity index (χ1n) is 10.7. The van der Waals surface area contributed by atoms with Crippen molar-refractivity contribution in [2.75, 3.05) is 56.7 Å². The standard InChI is InChI=1S/C22H28N6O2/c1-26(2)21-24-12-16-13-30-15-22(19(16)25-21)6-10-28(14-22)20(29)18-11-17(5-7-23-18)27-8-3-4-9-27/h5,7,11-12H,3-4,6,8-10,13-15H2,1-2H3/t22-/m1/s1. The molecule has 5 rings (SSSR count). The summed E-state index contributed by atoms with van der Waals surface area (Å²) >= 11 is 0. The Morgan fingerprint density at radius 2 is 2.03 bits per heavy atom. The van der Waals surface area contributed by atoms with E-state index in [0.717, 1.165) is 36.5 Å². The summed E-state index contributed by atoms with van der Waals surface area (Å²) in [5, 5.41) is 0. The van der Waals surface area contributed by atoms with E-state index < -0.39 is 0 Å². The lowest BCUT2D eigenvalue weighted by atomic mass is 9.80. The Labute approximate surface area is 176 Å². The number of hydrogen-bond acceptors (Lipinski definition) is 7. The second kappa shape index (κ2) is 7.50. The summed E-state index contributed by atoms with van der Waals surface area (Å²) < 4.78 is 5.90. The van der Waals surface area contributed by atoms with Gasteiger partial charge in [0.1, 0.15) is 5.69 Å². The summed E-state index contributed by atoms with van der Waals surface area (Å²) in [6.07, 6.45) is 6.86. The Bertz CT molecular complexity index is 958. The van der Waals surface area contributed by atoms with Crippen LogP contribution in [0.25, 0.3) is 0 Å². The average Bonchev–Trinajstić information content (AvgIpc) is 3.45. The monoisotopic (exact) mass is 408 g/mol. The lowest BCUT2D eigenvalue weighted by Gasteiger charge is -2.34. The molecule has 5 heterocycles. The predicted octanol–water partition coefficient (Wildman–Crippen LogP) is 1.85. The third-order valence-electron chi connectivity index (χ3n) is 6.46. The van der Waals surface area contributed by atoms with E-state index in [1.165, 1.54) is 12.8 Å². The molecule has 2 aromatic rings. The van der Waals surface area contributed by atoms with Gasteiger partial charge in [-0.05, 0) is 31.4 Å². The predicted molar refractivity (Wildman–Crippen MR) is 114 cm³/mol. The first-order chi connectivity index (χ1) is 14.6. The second-order valence-electron chi connectivity index (χ2n) is 8.78. The van der Waals surface area contributed by atoms with Crippen molar-refractivity contribution in [3.05, 3.63) is 41.5 Å². The van der Waals surface area contributed by atoms with Crippen LogP contribution in [0.2, 0.25) is 0 Å². The van der Waals surface area contributed by atoms with Crippen LogP contribution < -0.4 is 9.80 Å². The zero-order chi connectivity index (χ0) is 20.7. The summed E-state index contributed by atoms with van der Waals surface area (Å²) in [4.78, 5) is 33.1. The van der Waals surface area contributed by atoms with Crippen LogP contribution in [-0.2, 0) is 16.8 Å². The van der Waals surface area contributed by atoms with Gasteiger partial charge in [0, 0.05) is 63.9 Å². The highest BCUT2D eigenvalue weighted by Gasteiger charge is 2.46. The van der Waals surface area contributed by atoms with Crippen molar-refractivity contribution in [1.82, 2.24) is 19.9 Å². The number of rotatable bonds is 3. The largest absolute Gasteiger partial charge is 0.376 e. The molecule has 1 atom stereocenters. The topological polar surface area (TPSA) is 74.7 Å². The van der Waals surface area contributed by atoms with Gasteiger partial charge in [0.15, 0.2) is 0 Å². The molecule has 158 valence electrons. The molecule has 2 fully saturated rings. The molecule has 2 saturated heterocycles. The van der Waals surface area contributed by atoms with Gasteiger partial charge < -0.3 is 19.4 Å². The summed E-state index contributed by atoms with van der Waals surface area (Å²) in [6, 6.07) is 3.94. The number of carbonyl (C=O) groups is 1. The lowest BCUT2D eigenvalue weighted by Crippen LogP contribution is -2.42. The van der Waals surface area contributed by atoms with E-state index in [0.29, 0.717) is 37.9 Å². The molecule has 1 amide bonds. The number of aromatic nitrogens is 3. The molecule has 1 spiro atoms. The highest BCUT2D eigenvalue weighted by Crippen LogP contribution is 2.39. The Kier molecular flexibility index (Phi) is 4.81. The molecule has 3 aliphatic rings. The van der Waals surface area contributed by atoms with Crippen molar-refractivity contribution < 1.29 is 9.53 Å². The van der Waals surface area contributed by atoms with Crippen molar-refractivity contribution in [1.29, 1.82) is 0 Å². The van der Waals surface area contributed by atoms with Crippen molar-refractivity contribution in [2.45, 2.75) is 31.3 Å². The molecule has 0 aromatic carbocycles. The van der Waals surface area contributed by atoms with E-state index in [4.69, 9.17) is 9.72 Å². The minimum absolute atomic E-state index is 0.0121. The maximum Gasteiger partial charge on any atom is 0.272 e. The van der Waals surface area contributed by atoms with Crippen LogP contribution in [0.3, 0.4) is 0 Å². The average molecular weight is 409 g/mol. The first-order valence-corrected chi connectivity index (χ1v) is 10.7. The number of likely N-dealkylation sites (tertiary alicyclic amines) is 1. The minimum Gasteiger partial charge on any atom is -0.376 e. The van der Waals surface area contributed by atoms with Gasteiger partial charge in [0.05, 0.1) is 24.3 Å². The van der Waals surface area contributed by atoms with Gasteiger partial charge in [-0.15, -0.1) is 0 Å². The number of carbonyl (C=O) groups excluding carboxylic acids is 1. The van der Waals surface area contributed by atoms with Crippen LogP contribution in [0.1, 0.15) is 41.0 Å². The van der Waals surface area contributed by atoms with Crippen LogP contribution in [0, 0.1) is 0 Å². The summed E-state index contributed by atoms with van der Waals surface area (Å²) in [5.41, 5.74) is 3.39. The van der Waals surface area contributed by atoms with E-state index in [1.807, 2.05) is 42.2 Å². The van der Waals surface area contributed by atoms with E-state index in [-0.39, 0.29) is 11.3 Å². The van der Waals surface area contributed by atoms with Gasteiger partial charge in [0.25, 0.3) is 5.91 Å². The minimum atomic E-state index is -0.274. The zero-order valence-electron chi connectivity index (χ0n) is 17.7. The fourth-order valence-electron chi connectivity index (χ4n) is 4.83. The van der Waals surface area contributed by atoms with Crippen LogP contribution in [-0.4, -0.2) is 72.6 Å². The van der Waals surface area contributed by atoms with Gasteiger partial charge in [0.2, 0.25) is 5.95 Å². The van der Waals surface area contributed by atoms with E-state index in [1.54, 1.807) is 6.20 Å². The van der Waals surface area contributed by atoms with Gasteiger partial charge in [-0.3, -0.25) is 9.78 Å². The molecule has 0 unspecified atom stereocenters. The van der Waals surface area contributed by atoms with E-state index >= 15 is 0 Å². The lowest BCUT2D eigenvalue weighted by molar-refractivity contribution is 0.0484. The van der Waals surface area contributed by atoms with Gasteiger partial charge in [-0.1, -0.05) is 0 Å². The molecular weight excluding hydrogens is 380 g/mol. The number of ether oxygens (including phenoxy) is 1. The number of hydrogen-bond donors (Lipinski definition) is 0. The molecule has 8 nitrogen and oxygen atoms in total. The summed E-state index contributed by atoms with van der Waals surface area (Å²) in [6.45, 7) is 4.48. The molecule has 0 aliphatic carbocycles. The molecule has 0 saturated carbocycles. The maximum atomic E-state index is 13.3. The Balaban J connectivity index is 1.40. The third kappa shape index (κ3) is 3.29. The van der Waals surface area contributed by atoms with Gasteiger partial charge >= 0.3 is 0 Å². The Morgan fingerprint density at radius 3 is 2.83 bits per heavy atom. The van der Waals surface area contributed by atoms with Gasteiger partial charge in [-0.25, -0.2) is 9.97 Å². The zero-order valence-corrected chi connectivity index (χ0v) is 17.7. The summed E-state index contributed by atoms with van der Waals surface area (Å²) in [7, 11) is 3.88. The van der Waals surface area contributed by atoms with Crippen LogP contribution in [0.4, 0.5) is 11.6 Å². The Hall–Kier alpha value is -2.74. The quantitative estimate of drug-likeness (QED) is 0.767. The number of fused-ring (bicyclic) bond motifs is 2. The van der Waals surface area contributed by atoms with E-state index in [9.17, 15) is 4.79 Å². The highest BCUT2D eigenvalue weighted by atomic mass is 16.5. The molecule has 0 radical (unpaired) electrons. The highest BCUT2D eigenvalue weighted by molar-refractivity contribution is 5.93. The molecule has 30 heavy (non-hydrogen) atoms. The number of amides is 1. The fourth-order valence-corrected chi connectivity index (χ4v) is 4.83. The number of anilines is 2. The fraction of sp³-hybridized carbons (Fsp3) is 0.545. The van der Waals surface area contributed by atoms with Crippen LogP contribution >= 0.6 is 0 Å². The Morgan fingerprint density at radius 1 is 1.20 bits per heavy atom. The third-order valence-corrected chi connectivity index (χ3v) is 6.46. The van der Waals surface area contributed by atoms with Crippen molar-refractivity contribution in [3.63, 3.8) is 0 Å².